The van der Waals surface area contributed by atoms with Crippen molar-refractivity contribution in [3.8, 4) is 11.5 Å². The predicted octanol–water partition coefficient (Wildman–Crippen LogP) is 3.17. The lowest BCUT2D eigenvalue weighted by atomic mass is 10.1. The zero-order valence-corrected chi connectivity index (χ0v) is 19.8. The first-order chi connectivity index (χ1) is 15.9. The molecule has 1 amide bonds. The largest absolute Gasteiger partial charge is 0.497 e. The van der Waals surface area contributed by atoms with E-state index < -0.39 is 17.2 Å². The van der Waals surface area contributed by atoms with Crippen LogP contribution >= 0.6 is 0 Å². The number of aromatic amines is 1. The van der Waals surface area contributed by atoms with Crippen LogP contribution in [0.3, 0.4) is 0 Å². The van der Waals surface area contributed by atoms with Crippen LogP contribution in [0.25, 0.3) is 6.08 Å². The molecular formula is C24H34N4O5. The van der Waals surface area contributed by atoms with Gasteiger partial charge in [-0.2, -0.15) is 0 Å². The number of carbonyl (C=O) groups is 1. The Labute approximate surface area is 193 Å². The van der Waals surface area contributed by atoms with Crippen LogP contribution in [0.5, 0.6) is 11.5 Å². The summed E-state index contributed by atoms with van der Waals surface area (Å²) in [5, 5.41) is 0. The van der Waals surface area contributed by atoms with Crippen LogP contribution < -0.4 is 31.4 Å². The fraction of sp³-hybridized carbons (Fsp3) is 0.458. The number of anilines is 2. The molecular weight excluding hydrogens is 424 g/mol. The molecule has 0 bridgehead atoms. The van der Waals surface area contributed by atoms with Gasteiger partial charge in [0.15, 0.2) is 5.69 Å². The van der Waals surface area contributed by atoms with Crippen molar-refractivity contribution in [1.82, 2.24) is 9.55 Å². The number of amides is 1. The summed E-state index contributed by atoms with van der Waals surface area (Å²) >= 11 is 0. The first-order valence-corrected chi connectivity index (χ1v) is 11.2. The van der Waals surface area contributed by atoms with Crippen LogP contribution in [0.1, 0.15) is 51.5 Å². The van der Waals surface area contributed by atoms with E-state index in [1.165, 1.54) is 22.7 Å². The van der Waals surface area contributed by atoms with Crippen molar-refractivity contribution in [2.24, 2.45) is 0 Å². The Balaban J connectivity index is 2.49. The zero-order chi connectivity index (χ0) is 24.4. The maximum absolute atomic E-state index is 13.3. The average molecular weight is 459 g/mol. The highest BCUT2D eigenvalue weighted by molar-refractivity contribution is 6.05. The van der Waals surface area contributed by atoms with Crippen LogP contribution in [-0.4, -0.2) is 36.2 Å². The Morgan fingerprint density at radius 1 is 1.12 bits per heavy atom. The summed E-state index contributed by atoms with van der Waals surface area (Å²) in [4.78, 5) is 41.9. The molecule has 1 heterocycles. The van der Waals surface area contributed by atoms with Gasteiger partial charge in [0.25, 0.3) is 11.5 Å². The van der Waals surface area contributed by atoms with E-state index in [1.807, 2.05) is 13.8 Å². The van der Waals surface area contributed by atoms with Gasteiger partial charge in [-0.15, -0.1) is 0 Å². The number of rotatable bonds is 12. The van der Waals surface area contributed by atoms with Gasteiger partial charge in [-0.05, 0) is 37.1 Å². The van der Waals surface area contributed by atoms with E-state index in [1.54, 1.807) is 31.4 Å². The van der Waals surface area contributed by atoms with Crippen molar-refractivity contribution >= 4 is 23.5 Å². The molecule has 180 valence electrons. The minimum absolute atomic E-state index is 0.00518. The normalized spacial score (nSPS) is 11.0. The molecule has 2 aromatic rings. The molecule has 0 spiro atoms. The fourth-order valence-corrected chi connectivity index (χ4v) is 3.45. The number of aromatic nitrogens is 2. The first kappa shape index (κ1) is 25.8. The Hall–Kier alpha value is -3.49. The Kier molecular flexibility index (Phi) is 9.78. The van der Waals surface area contributed by atoms with Gasteiger partial charge in [0, 0.05) is 24.7 Å². The SMILES string of the molecule is CCCCCN(C(=O)/C=C/c1cc(OC)ccc1OC)c1c(N)n(CCCC)c(=O)[nH]c1=O. The molecule has 0 saturated heterocycles. The van der Waals surface area contributed by atoms with Crippen molar-refractivity contribution in [1.29, 1.82) is 0 Å². The number of H-pyrrole nitrogens is 1. The lowest BCUT2D eigenvalue weighted by Crippen LogP contribution is -2.41. The summed E-state index contributed by atoms with van der Waals surface area (Å²) in [6.45, 7) is 4.70. The molecule has 0 fully saturated rings. The second-order valence-electron chi connectivity index (χ2n) is 7.64. The Morgan fingerprint density at radius 2 is 1.85 bits per heavy atom. The van der Waals surface area contributed by atoms with E-state index in [4.69, 9.17) is 15.2 Å². The molecule has 0 unspecified atom stereocenters. The van der Waals surface area contributed by atoms with E-state index in [0.29, 0.717) is 36.6 Å². The molecule has 1 aromatic heterocycles. The van der Waals surface area contributed by atoms with Crippen LogP contribution in [0.4, 0.5) is 11.5 Å². The van der Waals surface area contributed by atoms with Gasteiger partial charge in [-0.3, -0.25) is 19.1 Å². The van der Waals surface area contributed by atoms with E-state index in [0.717, 1.165) is 25.7 Å². The molecule has 0 radical (unpaired) electrons. The molecule has 0 aliphatic rings. The summed E-state index contributed by atoms with van der Waals surface area (Å²) in [6.07, 6.45) is 7.05. The van der Waals surface area contributed by atoms with Crippen LogP contribution in [-0.2, 0) is 11.3 Å². The summed E-state index contributed by atoms with van der Waals surface area (Å²) in [5.41, 5.74) is 5.63. The van der Waals surface area contributed by atoms with Gasteiger partial charge in [0.05, 0.1) is 14.2 Å². The number of hydrogen-bond donors (Lipinski definition) is 2. The van der Waals surface area contributed by atoms with E-state index >= 15 is 0 Å². The molecule has 0 aliphatic carbocycles. The molecule has 0 atom stereocenters. The zero-order valence-electron chi connectivity index (χ0n) is 19.8. The minimum Gasteiger partial charge on any atom is -0.497 e. The molecule has 0 saturated carbocycles. The average Bonchev–Trinajstić information content (AvgIpc) is 2.81. The third-order valence-electron chi connectivity index (χ3n) is 5.31. The van der Waals surface area contributed by atoms with Gasteiger partial charge in [-0.1, -0.05) is 33.1 Å². The number of hydrogen-bond acceptors (Lipinski definition) is 6. The highest BCUT2D eigenvalue weighted by Gasteiger charge is 2.22. The van der Waals surface area contributed by atoms with Gasteiger partial charge in [0.1, 0.15) is 17.3 Å². The summed E-state index contributed by atoms with van der Waals surface area (Å²) in [7, 11) is 3.09. The van der Waals surface area contributed by atoms with Crippen molar-refractivity contribution in [3.05, 3.63) is 50.7 Å². The van der Waals surface area contributed by atoms with Gasteiger partial charge in [-0.25, -0.2) is 4.79 Å². The van der Waals surface area contributed by atoms with Crippen LogP contribution in [0.2, 0.25) is 0 Å². The number of nitrogens with one attached hydrogen (secondary N) is 1. The lowest BCUT2D eigenvalue weighted by Gasteiger charge is -2.23. The smallest absolute Gasteiger partial charge is 0.330 e. The van der Waals surface area contributed by atoms with Crippen molar-refractivity contribution in [2.45, 2.75) is 52.5 Å². The number of nitrogens with two attached hydrogens (primary N) is 1. The summed E-state index contributed by atoms with van der Waals surface area (Å²) in [5.74, 6) is 0.762. The topological polar surface area (TPSA) is 120 Å². The van der Waals surface area contributed by atoms with Gasteiger partial charge in [0.2, 0.25) is 0 Å². The van der Waals surface area contributed by atoms with Gasteiger partial charge < -0.3 is 20.1 Å². The van der Waals surface area contributed by atoms with E-state index in [-0.39, 0.29) is 11.5 Å². The standard InChI is InChI=1S/C24H34N4O5/c1-5-7-9-15-27(21-22(25)28(14-8-6-2)24(31)26-23(21)30)20(29)13-10-17-16-18(32-3)11-12-19(17)33-4/h10-13,16H,5-9,14-15,25H2,1-4H3,(H,26,30,31)/b13-10+. The van der Waals surface area contributed by atoms with Crippen LogP contribution in [0.15, 0.2) is 33.9 Å². The molecule has 3 N–H and O–H groups in total. The Morgan fingerprint density at radius 3 is 2.48 bits per heavy atom. The third kappa shape index (κ3) is 6.50. The predicted molar refractivity (Wildman–Crippen MR) is 131 cm³/mol. The number of methoxy groups -OCH3 is 2. The highest BCUT2D eigenvalue weighted by atomic mass is 16.5. The minimum atomic E-state index is -0.678. The second-order valence-corrected chi connectivity index (χ2v) is 7.64. The number of unbranched alkanes of at least 4 members (excludes halogenated alkanes) is 3. The second kappa shape index (κ2) is 12.5. The van der Waals surface area contributed by atoms with Crippen molar-refractivity contribution in [3.63, 3.8) is 0 Å². The van der Waals surface area contributed by atoms with Crippen LogP contribution in [0, 0.1) is 0 Å². The Bertz CT molecular complexity index is 1090. The quantitative estimate of drug-likeness (QED) is 0.372. The summed E-state index contributed by atoms with van der Waals surface area (Å²) < 4.78 is 11.9. The molecule has 9 nitrogen and oxygen atoms in total. The van der Waals surface area contributed by atoms with Crippen molar-refractivity contribution in [2.75, 3.05) is 31.4 Å². The maximum Gasteiger partial charge on any atom is 0.330 e. The monoisotopic (exact) mass is 458 g/mol. The summed E-state index contributed by atoms with van der Waals surface area (Å²) in [6, 6.07) is 5.25. The number of nitrogens with zero attached hydrogens (tertiary/aromatic N) is 2. The number of benzene rings is 1. The third-order valence-corrected chi connectivity index (χ3v) is 5.31. The van der Waals surface area contributed by atoms with E-state index in [9.17, 15) is 14.4 Å². The molecule has 33 heavy (non-hydrogen) atoms. The molecule has 9 heteroatoms. The first-order valence-electron chi connectivity index (χ1n) is 11.2. The van der Waals surface area contributed by atoms with E-state index in [2.05, 4.69) is 4.98 Å². The molecule has 1 aromatic carbocycles. The number of carbonyl (C=O) groups excluding carboxylic acids is 1. The number of nitrogen functional groups attached to an aromatic ring is 1. The number of ether oxygens (including phenoxy) is 2. The highest BCUT2D eigenvalue weighted by Crippen LogP contribution is 2.25. The lowest BCUT2D eigenvalue weighted by molar-refractivity contribution is -0.114. The van der Waals surface area contributed by atoms with Gasteiger partial charge >= 0.3 is 5.69 Å². The molecule has 0 aliphatic heterocycles. The van der Waals surface area contributed by atoms with Crippen molar-refractivity contribution < 1.29 is 14.3 Å². The fourth-order valence-electron chi connectivity index (χ4n) is 3.45. The molecule has 2 rings (SSSR count). The maximum atomic E-state index is 13.3.